The van der Waals surface area contributed by atoms with E-state index in [1.807, 2.05) is 0 Å². The molecule has 0 bridgehead atoms. The highest BCUT2D eigenvalue weighted by Crippen LogP contribution is 2.50. The van der Waals surface area contributed by atoms with Crippen LogP contribution in [-0.2, 0) is 0 Å². The molecule has 208 valence electrons. The minimum Gasteiger partial charge on any atom is -0.493 e. The van der Waals surface area contributed by atoms with E-state index in [-0.39, 0.29) is 22.2 Å². The van der Waals surface area contributed by atoms with E-state index >= 15 is 0 Å². The maximum Gasteiger partial charge on any atom is 0.407 e. The smallest absolute Gasteiger partial charge is 0.407 e. The summed E-state index contributed by atoms with van der Waals surface area (Å²) in [5, 5.41) is 13.4. The third-order valence-electron chi connectivity index (χ3n) is 7.84. The number of hydrogen-bond donors (Lipinski definition) is 2. The summed E-state index contributed by atoms with van der Waals surface area (Å²) in [7, 11) is 1.56. The number of nitrogens with one attached hydrogen (secondary N) is 1. The minimum atomic E-state index is -0.833. The van der Waals surface area contributed by atoms with E-state index in [1.54, 1.807) is 36.3 Å². The Kier molecular flexibility index (Phi) is 7.54. The van der Waals surface area contributed by atoms with Gasteiger partial charge >= 0.3 is 6.09 Å². The van der Waals surface area contributed by atoms with Crippen LogP contribution in [0.4, 0.5) is 20.7 Å². The third-order valence-corrected chi connectivity index (χ3v) is 9.09. The van der Waals surface area contributed by atoms with Crippen molar-refractivity contribution in [3.63, 3.8) is 0 Å². The Balaban J connectivity index is 1.34. The van der Waals surface area contributed by atoms with Crippen LogP contribution >= 0.6 is 27.5 Å². The molecule has 5 rings (SSSR count). The number of carbonyl (C=O) groups is 1. The topological polar surface area (TPSA) is 96.8 Å². The van der Waals surface area contributed by atoms with Crippen LogP contribution in [-0.4, -0.2) is 52.4 Å². The monoisotopic (exact) mass is 620 g/mol. The predicted octanol–water partition coefficient (Wildman–Crippen LogP) is 7.37. The first-order valence-corrected chi connectivity index (χ1v) is 14.0. The lowest BCUT2D eigenvalue weighted by molar-refractivity contribution is 0.0858. The second-order valence-corrected chi connectivity index (χ2v) is 12.6. The van der Waals surface area contributed by atoms with Crippen LogP contribution in [0.25, 0.3) is 10.9 Å². The number of methoxy groups -OCH3 is 1. The van der Waals surface area contributed by atoms with E-state index in [0.717, 1.165) is 12.8 Å². The van der Waals surface area contributed by atoms with Gasteiger partial charge in [-0.3, -0.25) is 0 Å². The summed E-state index contributed by atoms with van der Waals surface area (Å²) in [6, 6.07) is 6.79. The van der Waals surface area contributed by atoms with Gasteiger partial charge in [-0.25, -0.2) is 19.2 Å². The first-order chi connectivity index (χ1) is 18.5. The fraction of sp³-hybridized carbons (Fsp3) is 0.464. The largest absolute Gasteiger partial charge is 0.493 e. The quantitative estimate of drug-likeness (QED) is 0.278. The van der Waals surface area contributed by atoms with E-state index < -0.39 is 11.9 Å². The molecule has 1 amide bonds. The number of benzene rings is 2. The van der Waals surface area contributed by atoms with Crippen molar-refractivity contribution in [3.05, 3.63) is 45.9 Å². The maximum atomic E-state index is 14.7. The summed E-state index contributed by atoms with van der Waals surface area (Å²) in [5.41, 5.74) is 0.662. The Morgan fingerprint density at radius 2 is 2.03 bits per heavy atom. The zero-order valence-electron chi connectivity index (χ0n) is 22.2. The van der Waals surface area contributed by atoms with Gasteiger partial charge in [-0.15, -0.1) is 0 Å². The van der Waals surface area contributed by atoms with Crippen molar-refractivity contribution >= 4 is 56.0 Å². The van der Waals surface area contributed by atoms with Gasteiger partial charge in [0.1, 0.15) is 12.1 Å². The van der Waals surface area contributed by atoms with Crippen LogP contribution in [0.1, 0.15) is 33.6 Å². The molecule has 0 radical (unpaired) electrons. The Morgan fingerprint density at radius 1 is 1.26 bits per heavy atom. The number of halogens is 3. The zero-order chi connectivity index (χ0) is 28.1. The molecule has 39 heavy (non-hydrogen) atoms. The fourth-order valence-electron chi connectivity index (χ4n) is 6.31. The highest BCUT2D eigenvalue weighted by atomic mass is 79.9. The maximum absolute atomic E-state index is 14.7. The molecule has 2 aliphatic rings. The minimum absolute atomic E-state index is 0.00623. The van der Waals surface area contributed by atoms with Gasteiger partial charge in [0.15, 0.2) is 17.3 Å². The lowest BCUT2D eigenvalue weighted by Crippen LogP contribution is -2.45. The fourth-order valence-corrected chi connectivity index (χ4v) is 6.78. The first kappa shape index (κ1) is 27.7. The lowest BCUT2D eigenvalue weighted by Gasteiger charge is -2.37. The summed E-state index contributed by atoms with van der Waals surface area (Å²) >= 11 is 9.27. The van der Waals surface area contributed by atoms with E-state index in [1.165, 1.54) is 6.33 Å². The Labute approximate surface area is 240 Å². The molecule has 1 saturated carbocycles. The molecule has 1 aliphatic carbocycles. The van der Waals surface area contributed by atoms with Crippen molar-refractivity contribution in [1.29, 1.82) is 0 Å². The second-order valence-electron chi connectivity index (χ2n) is 11.4. The SMILES string of the molecule is COc1cc2c(Nc3ccc(Br)c(Cl)c3F)ncnc2cc1OCC1C[C@H]2CN(C(=O)O)C(C(C)(C)C)[C@H]2C1. The number of fused-ring (bicyclic) bond motifs is 2. The Morgan fingerprint density at radius 3 is 2.72 bits per heavy atom. The molecule has 2 aromatic carbocycles. The highest BCUT2D eigenvalue weighted by Gasteiger charge is 2.52. The van der Waals surface area contributed by atoms with Gasteiger partial charge < -0.3 is 24.8 Å². The van der Waals surface area contributed by atoms with Crippen molar-refractivity contribution in [2.45, 2.75) is 39.7 Å². The summed E-state index contributed by atoms with van der Waals surface area (Å²) < 4.78 is 27.1. The number of likely N-dealkylation sites (tertiary alicyclic amines) is 1. The van der Waals surface area contributed by atoms with Crippen LogP contribution in [0.3, 0.4) is 0 Å². The molecule has 1 aromatic heterocycles. The van der Waals surface area contributed by atoms with Crippen molar-refractivity contribution < 1.29 is 23.8 Å². The molecular weight excluding hydrogens is 591 g/mol. The third kappa shape index (κ3) is 5.33. The average molecular weight is 622 g/mol. The van der Waals surface area contributed by atoms with Gasteiger partial charge in [-0.1, -0.05) is 32.4 Å². The molecule has 0 spiro atoms. The van der Waals surface area contributed by atoms with Crippen LogP contribution in [0.5, 0.6) is 11.5 Å². The van der Waals surface area contributed by atoms with Crippen molar-refractivity contribution in [2.24, 2.45) is 23.2 Å². The zero-order valence-corrected chi connectivity index (χ0v) is 24.5. The van der Waals surface area contributed by atoms with Gasteiger partial charge in [-0.05, 0) is 70.1 Å². The summed E-state index contributed by atoms with van der Waals surface area (Å²) in [4.78, 5) is 22.2. The number of ether oxygens (including phenoxy) is 2. The molecule has 2 heterocycles. The van der Waals surface area contributed by atoms with Crippen LogP contribution in [0, 0.1) is 29.0 Å². The van der Waals surface area contributed by atoms with Crippen molar-refractivity contribution in [3.8, 4) is 11.5 Å². The van der Waals surface area contributed by atoms with Gasteiger partial charge in [0, 0.05) is 28.5 Å². The summed E-state index contributed by atoms with van der Waals surface area (Å²) in [6.45, 7) is 7.42. The highest BCUT2D eigenvalue weighted by molar-refractivity contribution is 9.10. The molecule has 1 aliphatic heterocycles. The van der Waals surface area contributed by atoms with Crippen LogP contribution in [0.15, 0.2) is 35.1 Å². The molecule has 2 N–H and O–H groups in total. The number of carboxylic acid groups (broad SMARTS) is 1. The number of hydrogen-bond acceptors (Lipinski definition) is 6. The molecule has 2 unspecified atom stereocenters. The van der Waals surface area contributed by atoms with Crippen molar-refractivity contribution in [2.75, 3.05) is 25.6 Å². The van der Waals surface area contributed by atoms with Crippen LogP contribution < -0.4 is 14.8 Å². The molecule has 8 nitrogen and oxygen atoms in total. The van der Waals surface area contributed by atoms with Gasteiger partial charge in [0.05, 0.1) is 29.9 Å². The molecule has 11 heteroatoms. The van der Waals surface area contributed by atoms with Gasteiger partial charge in [-0.2, -0.15) is 0 Å². The molecule has 1 saturated heterocycles. The van der Waals surface area contributed by atoms with E-state index in [2.05, 4.69) is 52.0 Å². The Hall–Kier alpha value is -2.85. The standard InChI is InChI=1S/C28H31BrClFN4O4/c1-28(2,3)25-16-8-14(7-15(16)11-35(25)27(36)37)12-39-22-10-20-17(9-21(22)38-4)26(33-13-32-20)34-19-6-5-18(29)23(30)24(19)31/h5-6,9-10,13-16,25H,7-8,11-12H2,1-4H3,(H,36,37)(H,32,33,34)/t14?,15-,16-,25?/m0/s1. The van der Waals surface area contributed by atoms with E-state index in [0.29, 0.717) is 63.6 Å². The Bertz CT molecular complexity index is 1420. The molecule has 2 fully saturated rings. The number of aromatic nitrogens is 2. The number of anilines is 2. The molecule has 4 atom stereocenters. The molecule has 3 aromatic rings. The summed E-state index contributed by atoms with van der Waals surface area (Å²) in [6.07, 6.45) is 2.41. The van der Waals surface area contributed by atoms with E-state index in [4.69, 9.17) is 21.1 Å². The first-order valence-electron chi connectivity index (χ1n) is 12.8. The van der Waals surface area contributed by atoms with Crippen LogP contribution in [0.2, 0.25) is 5.02 Å². The average Bonchev–Trinajstić information content (AvgIpc) is 3.45. The van der Waals surface area contributed by atoms with Crippen molar-refractivity contribution in [1.82, 2.24) is 14.9 Å². The summed E-state index contributed by atoms with van der Waals surface area (Å²) in [5.74, 6) is 1.86. The van der Waals surface area contributed by atoms with Gasteiger partial charge in [0.25, 0.3) is 0 Å². The second kappa shape index (κ2) is 10.6. The number of rotatable bonds is 6. The molecular formula is C28H31BrClFN4O4. The number of amides is 1. The normalized spacial score (nSPS) is 22.7. The van der Waals surface area contributed by atoms with Gasteiger partial charge in [0.2, 0.25) is 0 Å². The van der Waals surface area contributed by atoms with E-state index in [9.17, 15) is 14.3 Å². The predicted molar refractivity (Wildman–Crippen MR) is 152 cm³/mol. The number of nitrogens with zero attached hydrogens (tertiary/aromatic N) is 3. The lowest BCUT2D eigenvalue weighted by atomic mass is 9.77.